The van der Waals surface area contributed by atoms with Crippen molar-refractivity contribution in [2.24, 2.45) is 5.73 Å². The van der Waals surface area contributed by atoms with Crippen LogP contribution in [0.25, 0.3) is 0 Å². The average Bonchev–Trinajstić information content (AvgIpc) is 2.14. The Morgan fingerprint density at radius 1 is 1.13 bits per heavy atom. The maximum Gasteiger partial charge on any atom is 0.00106 e. The van der Waals surface area contributed by atoms with Crippen LogP contribution in [0.2, 0.25) is 0 Å². The predicted molar refractivity (Wildman–Crippen MR) is 67.2 cm³/mol. The Hall–Kier alpha value is -0.820. The van der Waals surface area contributed by atoms with Crippen LogP contribution in [-0.2, 0) is 0 Å². The van der Waals surface area contributed by atoms with Crippen molar-refractivity contribution in [2.45, 2.75) is 52.5 Å². The third-order valence-electron chi connectivity index (χ3n) is 3.01. The van der Waals surface area contributed by atoms with E-state index in [9.17, 15) is 0 Å². The van der Waals surface area contributed by atoms with Gasteiger partial charge in [-0.2, -0.15) is 0 Å². The molecule has 0 bridgehead atoms. The van der Waals surface area contributed by atoms with Crippen molar-refractivity contribution >= 4 is 0 Å². The van der Waals surface area contributed by atoms with Crippen molar-refractivity contribution in [3.8, 4) is 0 Å². The summed E-state index contributed by atoms with van der Waals surface area (Å²) in [6.45, 7) is 8.71. The zero-order chi connectivity index (χ0) is 11.4. The number of hydrogen-bond donors (Lipinski definition) is 1. The molecule has 0 saturated heterocycles. The van der Waals surface area contributed by atoms with Crippen molar-refractivity contribution in [1.29, 1.82) is 0 Å². The molecule has 0 aliphatic rings. The molecular weight excluding hydrogens is 182 g/mol. The number of rotatable bonds is 4. The molecule has 0 aliphatic carbocycles. The van der Waals surface area contributed by atoms with Gasteiger partial charge in [0.25, 0.3) is 0 Å². The zero-order valence-electron chi connectivity index (χ0n) is 10.4. The van der Waals surface area contributed by atoms with Gasteiger partial charge in [-0.25, -0.2) is 0 Å². The van der Waals surface area contributed by atoms with Gasteiger partial charge in [0.1, 0.15) is 0 Å². The molecule has 0 radical (unpaired) electrons. The zero-order valence-corrected chi connectivity index (χ0v) is 10.4. The first-order valence-electron chi connectivity index (χ1n) is 5.83. The molecule has 1 heteroatoms. The van der Waals surface area contributed by atoms with Crippen LogP contribution in [0.5, 0.6) is 0 Å². The van der Waals surface area contributed by atoms with E-state index in [0.717, 1.165) is 6.42 Å². The molecule has 1 aromatic rings. The van der Waals surface area contributed by atoms with Crippen LogP contribution in [0.1, 0.15) is 49.3 Å². The topological polar surface area (TPSA) is 26.0 Å². The van der Waals surface area contributed by atoms with Crippen molar-refractivity contribution in [2.75, 3.05) is 0 Å². The quantitative estimate of drug-likeness (QED) is 0.799. The minimum absolute atomic E-state index is 0.318. The maximum absolute atomic E-state index is 5.78. The second kappa shape index (κ2) is 5.32. The molecule has 0 amide bonds. The van der Waals surface area contributed by atoms with Crippen LogP contribution in [0, 0.1) is 13.8 Å². The van der Waals surface area contributed by atoms with Crippen molar-refractivity contribution in [1.82, 2.24) is 0 Å². The second-order valence-electron chi connectivity index (χ2n) is 4.82. The van der Waals surface area contributed by atoms with Crippen LogP contribution in [0.15, 0.2) is 18.2 Å². The van der Waals surface area contributed by atoms with E-state index in [1.165, 1.54) is 23.1 Å². The summed E-state index contributed by atoms with van der Waals surface area (Å²) in [5.41, 5.74) is 10.0. The van der Waals surface area contributed by atoms with E-state index in [1.54, 1.807) is 0 Å². The van der Waals surface area contributed by atoms with Crippen LogP contribution >= 0.6 is 0 Å². The molecule has 0 fully saturated rings. The molecule has 1 rings (SSSR count). The number of benzene rings is 1. The smallest absolute Gasteiger partial charge is 0.00106 e. The summed E-state index contributed by atoms with van der Waals surface area (Å²) in [4.78, 5) is 0. The molecule has 15 heavy (non-hydrogen) atoms. The molecule has 0 aromatic heterocycles. The molecule has 0 heterocycles. The van der Waals surface area contributed by atoms with Gasteiger partial charge >= 0.3 is 0 Å². The Balaban J connectivity index is 2.69. The molecule has 0 aliphatic heterocycles. The molecular formula is C14H23N. The van der Waals surface area contributed by atoms with Gasteiger partial charge in [-0.15, -0.1) is 0 Å². The maximum atomic E-state index is 5.78. The lowest BCUT2D eigenvalue weighted by atomic mass is 9.90. The minimum atomic E-state index is 0.318. The van der Waals surface area contributed by atoms with Gasteiger partial charge < -0.3 is 5.73 Å². The first kappa shape index (κ1) is 12.3. The van der Waals surface area contributed by atoms with Gasteiger partial charge in [-0.3, -0.25) is 0 Å². The molecule has 0 saturated carbocycles. The lowest BCUT2D eigenvalue weighted by Gasteiger charge is -2.16. The molecule has 2 unspecified atom stereocenters. The van der Waals surface area contributed by atoms with E-state index in [1.807, 2.05) is 0 Å². The summed E-state index contributed by atoms with van der Waals surface area (Å²) in [6, 6.07) is 7.04. The summed E-state index contributed by atoms with van der Waals surface area (Å²) >= 11 is 0. The largest absolute Gasteiger partial charge is 0.328 e. The second-order valence-corrected chi connectivity index (χ2v) is 4.82. The fourth-order valence-electron chi connectivity index (χ4n) is 2.05. The summed E-state index contributed by atoms with van der Waals surface area (Å²) in [6.07, 6.45) is 2.29. The highest BCUT2D eigenvalue weighted by Crippen LogP contribution is 2.24. The Morgan fingerprint density at radius 2 is 1.80 bits per heavy atom. The van der Waals surface area contributed by atoms with E-state index in [2.05, 4.69) is 45.9 Å². The number of hydrogen-bond acceptors (Lipinski definition) is 1. The number of aryl methyl sites for hydroxylation is 2. The molecule has 2 atom stereocenters. The Morgan fingerprint density at radius 3 is 2.33 bits per heavy atom. The Labute approximate surface area is 93.7 Å². The van der Waals surface area contributed by atoms with Gasteiger partial charge in [0.15, 0.2) is 0 Å². The lowest BCUT2D eigenvalue weighted by Crippen LogP contribution is -2.15. The Kier molecular flexibility index (Phi) is 4.34. The average molecular weight is 205 g/mol. The summed E-state index contributed by atoms with van der Waals surface area (Å²) in [5.74, 6) is 0.622. The molecule has 1 nitrogen and oxygen atoms in total. The van der Waals surface area contributed by atoms with Gasteiger partial charge in [0, 0.05) is 6.04 Å². The van der Waals surface area contributed by atoms with Gasteiger partial charge in [0.05, 0.1) is 0 Å². The molecule has 1 aromatic carbocycles. The monoisotopic (exact) mass is 205 g/mol. The van der Waals surface area contributed by atoms with Gasteiger partial charge in [0.2, 0.25) is 0 Å². The third-order valence-corrected chi connectivity index (χ3v) is 3.01. The molecule has 0 spiro atoms. The minimum Gasteiger partial charge on any atom is -0.328 e. The standard InChI is InChI=1S/C14H23N/c1-10-5-8-14(12(3)9-10)11(2)6-7-13(4)15/h5,8-9,11,13H,6-7,15H2,1-4H3. The molecule has 84 valence electrons. The van der Waals surface area contributed by atoms with E-state index in [0.29, 0.717) is 12.0 Å². The van der Waals surface area contributed by atoms with E-state index in [4.69, 9.17) is 5.73 Å². The van der Waals surface area contributed by atoms with E-state index >= 15 is 0 Å². The highest BCUT2D eigenvalue weighted by Gasteiger charge is 2.09. The normalized spacial score (nSPS) is 15.0. The van der Waals surface area contributed by atoms with Crippen molar-refractivity contribution in [3.05, 3.63) is 34.9 Å². The first-order valence-corrected chi connectivity index (χ1v) is 5.83. The third kappa shape index (κ3) is 3.67. The van der Waals surface area contributed by atoms with E-state index < -0.39 is 0 Å². The number of nitrogens with two attached hydrogens (primary N) is 1. The fourth-order valence-corrected chi connectivity index (χ4v) is 2.05. The SMILES string of the molecule is Cc1ccc(C(C)CCC(C)N)c(C)c1. The summed E-state index contributed by atoms with van der Waals surface area (Å²) < 4.78 is 0. The van der Waals surface area contributed by atoms with Gasteiger partial charge in [-0.05, 0) is 50.7 Å². The fraction of sp³-hybridized carbons (Fsp3) is 0.571. The van der Waals surface area contributed by atoms with Gasteiger partial charge in [-0.1, -0.05) is 30.7 Å². The van der Waals surface area contributed by atoms with Crippen LogP contribution in [0.3, 0.4) is 0 Å². The highest BCUT2D eigenvalue weighted by molar-refractivity contribution is 5.32. The first-order chi connectivity index (χ1) is 7.00. The lowest BCUT2D eigenvalue weighted by molar-refractivity contribution is 0.567. The Bertz CT molecular complexity index is 315. The summed E-state index contributed by atoms with van der Waals surface area (Å²) in [5, 5.41) is 0. The van der Waals surface area contributed by atoms with Crippen molar-refractivity contribution in [3.63, 3.8) is 0 Å². The van der Waals surface area contributed by atoms with Crippen molar-refractivity contribution < 1.29 is 0 Å². The van der Waals surface area contributed by atoms with Crippen LogP contribution < -0.4 is 5.73 Å². The van der Waals surface area contributed by atoms with E-state index in [-0.39, 0.29) is 0 Å². The highest BCUT2D eigenvalue weighted by atomic mass is 14.6. The predicted octanol–water partition coefficient (Wildman–Crippen LogP) is 3.53. The summed E-state index contributed by atoms with van der Waals surface area (Å²) in [7, 11) is 0. The van der Waals surface area contributed by atoms with Crippen LogP contribution in [0.4, 0.5) is 0 Å². The molecule has 2 N–H and O–H groups in total. The van der Waals surface area contributed by atoms with Crippen LogP contribution in [-0.4, -0.2) is 6.04 Å².